The summed E-state index contributed by atoms with van der Waals surface area (Å²) in [6.45, 7) is 0. The third-order valence-electron chi connectivity index (χ3n) is 4.28. The van der Waals surface area contributed by atoms with Gasteiger partial charge in [-0.05, 0) is 29.1 Å². The summed E-state index contributed by atoms with van der Waals surface area (Å²) in [5, 5.41) is 9.91. The van der Waals surface area contributed by atoms with Crippen molar-refractivity contribution in [2.24, 2.45) is 0 Å². The molecule has 0 spiro atoms. The molecule has 1 aromatic carbocycles. The summed E-state index contributed by atoms with van der Waals surface area (Å²) in [6.07, 6.45) is 1.82. The number of benzene rings is 1. The Bertz CT molecular complexity index is 1070. The lowest BCUT2D eigenvalue weighted by atomic mass is 10.0. The van der Waals surface area contributed by atoms with Crippen LogP contribution < -0.4 is 10.6 Å². The molecule has 0 aliphatic rings. The smallest absolute Gasteiger partial charge is 0.267 e. The van der Waals surface area contributed by atoms with Crippen LogP contribution in [0.5, 0.6) is 0 Å². The van der Waals surface area contributed by atoms with Crippen molar-refractivity contribution in [3.05, 3.63) is 99.4 Å². The molecule has 150 valence electrons. The Morgan fingerprint density at radius 1 is 0.967 bits per heavy atom. The third-order valence-corrected chi connectivity index (χ3v) is 5.96. The van der Waals surface area contributed by atoms with Crippen LogP contribution in [0.1, 0.15) is 32.7 Å². The van der Waals surface area contributed by atoms with Gasteiger partial charge in [-0.2, -0.15) is 0 Å². The van der Waals surface area contributed by atoms with Crippen LogP contribution in [0.2, 0.25) is 0 Å². The van der Waals surface area contributed by atoms with Crippen LogP contribution in [0.4, 0.5) is 5.13 Å². The van der Waals surface area contributed by atoms with Crippen LogP contribution in [-0.4, -0.2) is 21.8 Å². The van der Waals surface area contributed by atoms with Crippen LogP contribution in [0.25, 0.3) is 0 Å². The zero-order valence-corrected chi connectivity index (χ0v) is 17.5. The first kappa shape index (κ1) is 19.9. The normalized spacial score (nSPS) is 11.6. The predicted molar refractivity (Wildman–Crippen MR) is 119 cm³/mol. The van der Waals surface area contributed by atoms with Crippen molar-refractivity contribution in [3.8, 4) is 0 Å². The molecular weight excluding hydrogens is 416 g/mol. The monoisotopic (exact) mass is 434 g/mol. The molecule has 4 rings (SSSR count). The fourth-order valence-corrected chi connectivity index (χ4v) is 4.23. The number of nitrogens with zero attached hydrogens (tertiary/aromatic N) is 2. The summed E-state index contributed by atoms with van der Waals surface area (Å²) in [7, 11) is 0. The lowest BCUT2D eigenvalue weighted by molar-refractivity contribution is -0.121. The molecule has 0 radical (unpaired) electrons. The molecule has 1 atom stereocenters. The van der Waals surface area contributed by atoms with E-state index in [-0.39, 0.29) is 24.3 Å². The average molecular weight is 435 g/mol. The van der Waals surface area contributed by atoms with Crippen LogP contribution in [0, 0.1) is 0 Å². The van der Waals surface area contributed by atoms with Gasteiger partial charge < -0.3 is 5.32 Å². The van der Waals surface area contributed by atoms with Crippen LogP contribution in [0.15, 0.2) is 77.6 Å². The summed E-state index contributed by atoms with van der Waals surface area (Å²) in [5.41, 5.74) is 2.32. The van der Waals surface area contributed by atoms with E-state index < -0.39 is 0 Å². The fraction of sp³-hybridized carbons (Fsp3) is 0.0909. The molecule has 3 heterocycles. The number of nitrogens with one attached hydrogen (secondary N) is 2. The molecule has 2 amide bonds. The first-order chi connectivity index (χ1) is 14.7. The molecule has 0 aliphatic heterocycles. The topological polar surface area (TPSA) is 84.0 Å². The van der Waals surface area contributed by atoms with Gasteiger partial charge in [-0.25, -0.2) is 4.98 Å². The minimum atomic E-state index is -0.350. The molecule has 8 heteroatoms. The number of hydrogen-bond donors (Lipinski definition) is 2. The number of pyridine rings is 1. The Kier molecular flexibility index (Phi) is 6.26. The highest BCUT2D eigenvalue weighted by atomic mass is 32.1. The minimum Gasteiger partial charge on any atom is -0.343 e. The number of rotatable bonds is 7. The molecule has 1 unspecified atom stereocenters. The predicted octanol–water partition coefficient (Wildman–Crippen LogP) is 4.30. The summed E-state index contributed by atoms with van der Waals surface area (Å²) < 4.78 is 0. The second kappa shape index (κ2) is 9.43. The molecule has 0 saturated heterocycles. The van der Waals surface area contributed by atoms with Gasteiger partial charge in [0.1, 0.15) is 0 Å². The first-order valence-corrected chi connectivity index (χ1v) is 11.0. The van der Waals surface area contributed by atoms with Gasteiger partial charge in [-0.15, -0.1) is 22.7 Å². The van der Waals surface area contributed by atoms with Gasteiger partial charge in [0.05, 0.1) is 28.7 Å². The number of aromatic nitrogens is 2. The number of anilines is 1. The number of thiophene rings is 1. The maximum Gasteiger partial charge on any atom is 0.267 e. The molecule has 0 aliphatic carbocycles. The number of thiazole rings is 1. The highest BCUT2D eigenvalue weighted by molar-refractivity contribution is 7.14. The van der Waals surface area contributed by atoms with Crippen LogP contribution in [0.3, 0.4) is 0 Å². The van der Waals surface area contributed by atoms with Crippen molar-refractivity contribution in [3.63, 3.8) is 0 Å². The van der Waals surface area contributed by atoms with E-state index in [2.05, 4.69) is 20.6 Å². The minimum absolute atomic E-state index is 0.113. The van der Waals surface area contributed by atoms with Crippen LogP contribution in [-0.2, 0) is 11.2 Å². The largest absolute Gasteiger partial charge is 0.343 e. The van der Waals surface area contributed by atoms with Gasteiger partial charge in [0.15, 0.2) is 5.13 Å². The Balaban J connectivity index is 1.43. The molecule has 4 aromatic rings. The Labute approximate surface area is 181 Å². The van der Waals surface area contributed by atoms with E-state index in [0.717, 1.165) is 11.3 Å². The third kappa shape index (κ3) is 4.97. The van der Waals surface area contributed by atoms with Gasteiger partial charge in [0, 0.05) is 11.6 Å². The number of hydrogen-bond acceptors (Lipinski definition) is 6. The molecule has 2 N–H and O–H groups in total. The lowest BCUT2D eigenvalue weighted by Crippen LogP contribution is -2.31. The average Bonchev–Trinajstić information content (AvgIpc) is 3.46. The van der Waals surface area contributed by atoms with E-state index in [0.29, 0.717) is 15.7 Å². The summed E-state index contributed by atoms with van der Waals surface area (Å²) in [5.74, 6) is -0.370. The zero-order chi connectivity index (χ0) is 20.8. The molecule has 3 aromatic heterocycles. The maximum atomic E-state index is 12.7. The SMILES string of the molecule is O=C(Cc1csc(NC(=O)c2cccs2)n1)NC(c1ccccc1)c1ccccn1. The fourth-order valence-electron chi connectivity index (χ4n) is 2.91. The van der Waals surface area contributed by atoms with Gasteiger partial charge in [-0.3, -0.25) is 19.9 Å². The molecule has 6 nitrogen and oxygen atoms in total. The second-order valence-corrected chi connectivity index (χ2v) is 8.22. The highest BCUT2D eigenvalue weighted by Crippen LogP contribution is 2.21. The van der Waals surface area contributed by atoms with Crippen molar-refractivity contribution >= 4 is 39.6 Å². The van der Waals surface area contributed by atoms with Crippen molar-refractivity contribution < 1.29 is 9.59 Å². The van der Waals surface area contributed by atoms with E-state index in [1.54, 1.807) is 17.6 Å². The van der Waals surface area contributed by atoms with Crippen molar-refractivity contribution in [1.82, 2.24) is 15.3 Å². The number of carbonyl (C=O) groups is 2. The van der Waals surface area contributed by atoms with E-state index in [4.69, 9.17) is 0 Å². The Morgan fingerprint density at radius 3 is 2.53 bits per heavy atom. The molecule has 0 saturated carbocycles. The van der Waals surface area contributed by atoms with Gasteiger partial charge in [-0.1, -0.05) is 42.5 Å². The summed E-state index contributed by atoms with van der Waals surface area (Å²) in [4.78, 5) is 34.3. The molecular formula is C22H18N4O2S2. The quantitative estimate of drug-likeness (QED) is 0.454. The standard InChI is InChI=1S/C22H18N4O2S2/c27-19(13-16-14-30-22(24-16)26-21(28)18-10-6-12-29-18)25-20(15-7-2-1-3-8-15)17-9-4-5-11-23-17/h1-12,14,20H,13H2,(H,25,27)(H,24,26,28). The van der Waals surface area contributed by atoms with Gasteiger partial charge in [0.2, 0.25) is 5.91 Å². The first-order valence-electron chi connectivity index (χ1n) is 9.23. The van der Waals surface area contributed by atoms with E-state index in [1.165, 1.54) is 22.7 Å². The molecule has 0 fully saturated rings. The van der Waals surface area contributed by atoms with Crippen molar-refractivity contribution in [1.29, 1.82) is 0 Å². The van der Waals surface area contributed by atoms with Crippen molar-refractivity contribution in [2.45, 2.75) is 12.5 Å². The summed E-state index contributed by atoms with van der Waals surface area (Å²) >= 11 is 2.66. The summed E-state index contributed by atoms with van der Waals surface area (Å²) in [6, 6.07) is 18.6. The Hall–Kier alpha value is -3.36. The molecule has 0 bridgehead atoms. The van der Waals surface area contributed by atoms with Crippen LogP contribution >= 0.6 is 22.7 Å². The van der Waals surface area contributed by atoms with Crippen molar-refractivity contribution in [2.75, 3.05) is 5.32 Å². The van der Waals surface area contributed by atoms with Gasteiger partial charge in [0.25, 0.3) is 5.91 Å². The second-order valence-electron chi connectivity index (χ2n) is 6.42. The number of amides is 2. The van der Waals surface area contributed by atoms with E-state index in [1.807, 2.05) is 60.0 Å². The lowest BCUT2D eigenvalue weighted by Gasteiger charge is -2.18. The number of carbonyl (C=O) groups excluding carboxylic acids is 2. The zero-order valence-electron chi connectivity index (χ0n) is 15.8. The molecule has 30 heavy (non-hydrogen) atoms. The van der Waals surface area contributed by atoms with E-state index in [9.17, 15) is 9.59 Å². The Morgan fingerprint density at radius 2 is 1.80 bits per heavy atom. The van der Waals surface area contributed by atoms with E-state index >= 15 is 0 Å². The highest BCUT2D eigenvalue weighted by Gasteiger charge is 2.19. The maximum absolute atomic E-state index is 12.7. The van der Waals surface area contributed by atoms with Gasteiger partial charge >= 0.3 is 0 Å².